The minimum Gasteiger partial charge on any atom is -0.481 e. The van der Waals surface area contributed by atoms with Gasteiger partial charge < -0.3 is 15.4 Å². The molecule has 0 saturated carbocycles. The van der Waals surface area contributed by atoms with Gasteiger partial charge in [0.1, 0.15) is 0 Å². The van der Waals surface area contributed by atoms with Crippen molar-refractivity contribution in [3.8, 4) is 5.88 Å². The SMILES string of the molecule is COc1nc(C)cc(C)c1CNC(=O)c1ccc(C2CCCNC2)cc1. The molecule has 0 bridgehead atoms. The number of rotatable bonds is 5. The van der Waals surface area contributed by atoms with E-state index in [4.69, 9.17) is 4.74 Å². The van der Waals surface area contributed by atoms with Gasteiger partial charge in [-0.2, -0.15) is 0 Å². The Morgan fingerprint density at radius 3 is 2.73 bits per heavy atom. The van der Waals surface area contributed by atoms with Crippen LogP contribution in [0.25, 0.3) is 0 Å². The van der Waals surface area contributed by atoms with Crippen LogP contribution < -0.4 is 15.4 Å². The summed E-state index contributed by atoms with van der Waals surface area (Å²) in [6.07, 6.45) is 2.41. The Bertz CT molecular complexity index is 766. The number of carbonyl (C=O) groups excluding carboxylic acids is 1. The van der Waals surface area contributed by atoms with Crippen molar-refractivity contribution >= 4 is 5.91 Å². The molecule has 1 aromatic carbocycles. The van der Waals surface area contributed by atoms with E-state index in [1.807, 2.05) is 32.0 Å². The molecule has 1 atom stereocenters. The smallest absolute Gasteiger partial charge is 0.251 e. The number of aromatic nitrogens is 1. The van der Waals surface area contributed by atoms with Gasteiger partial charge in [0.2, 0.25) is 5.88 Å². The topological polar surface area (TPSA) is 63.2 Å². The zero-order valence-electron chi connectivity index (χ0n) is 15.8. The van der Waals surface area contributed by atoms with Crippen molar-refractivity contribution < 1.29 is 9.53 Å². The van der Waals surface area contributed by atoms with E-state index in [0.29, 0.717) is 23.9 Å². The second kappa shape index (κ2) is 8.32. The maximum absolute atomic E-state index is 12.5. The number of amides is 1. The van der Waals surface area contributed by atoms with E-state index in [1.54, 1.807) is 7.11 Å². The zero-order chi connectivity index (χ0) is 18.5. The Balaban J connectivity index is 1.65. The molecule has 1 aromatic heterocycles. The first-order valence-electron chi connectivity index (χ1n) is 9.18. The Hall–Kier alpha value is -2.40. The van der Waals surface area contributed by atoms with E-state index in [0.717, 1.165) is 29.9 Å². The predicted octanol–water partition coefficient (Wildman–Crippen LogP) is 3.10. The highest BCUT2D eigenvalue weighted by Gasteiger charge is 2.16. The number of nitrogens with zero attached hydrogens (tertiary/aromatic N) is 1. The fraction of sp³-hybridized carbons (Fsp3) is 0.429. The normalized spacial score (nSPS) is 17.0. The van der Waals surface area contributed by atoms with E-state index in [-0.39, 0.29) is 5.91 Å². The van der Waals surface area contributed by atoms with Crippen LogP contribution in [0.15, 0.2) is 30.3 Å². The summed E-state index contributed by atoms with van der Waals surface area (Å²) in [6, 6.07) is 9.97. The standard InChI is InChI=1S/C21H27N3O2/c1-14-11-15(2)24-21(26-3)19(14)13-23-20(25)17-8-6-16(7-9-17)18-5-4-10-22-12-18/h6-9,11,18,22H,4-5,10,12-13H2,1-3H3,(H,23,25). The predicted molar refractivity (Wildman–Crippen MR) is 103 cm³/mol. The van der Waals surface area contributed by atoms with Crippen molar-refractivity contribution in [1.82, 2.24) is 15.6 Å². The number of carbonyl (C=O) groups is 1. The first kappa shape index (κ1) is 18.4. The minimum atomic E-state index is -0.0830. The molecule has 1 aliphatic rings. The molecule has 1 fully saturated rings. The van der Waals surface area contributed by atoms with Gasteiger partial charge in [-0.05, 0) is 68.5 Å². The van der Waals surface area contributed by atoms with Crippen LogP contribution in [0.3, 0.4) is 0 Å². The minimum absolute atomic E-state index is 0.0830. The van der Waals surface area contributed by atoms with E-state index in [9.17, 15) is 4.79 Å². The summed E-state index contributed by atoms with van der Waals surface area (Å²) in [5.41, 5.74) is 4.86. The second-order valence-electron chi connectivity index (χ2n) is 6.92. The molecule has 1 saturated heterocycles. The van der Waals surface area contributed by atoms with Crippen LogP contribution in [0, 0.1) is 13.8 Å². The maximum Gasteiger partial charge on any atom is 0.251 e. The van der Waals surface area contributed by atoms with Crippen LogP contribution in [-0.2, 0) is 6.54 Å². The molecule has 2 aromatic rings. The van der Waals surface area contributed by atoms with Crippen LogP contribution in [0.5, 0.6) is 5.88 Å². The van der Waals surface area contributed by atoms with Crippen LogP contribution in [0.2, 0.25) is 0 Å². The molecule has 1 unspecified atom stereocenters. The lowest BCUT2D eigenvalue weighted by atomic mass is 9.91. The molecule has 3 rings (SSSR count). The highest BCUT2D eigenvalue weighted by molar-refractivity contribution is 5.94. The Morgan fingerprint density at radius 1 is 1.31 bits per heavy atom. The Labute approximate surface area is 155 Å². The third-order valence-corrected chi connectivity index (χ3v) is 5.00. The molecule has 138 valence electrons. The fourth-order valence-corrected chi connectivity index (χ4v) is 3.53. The van der Waals surface area contributed by atoms with Gasteiger partial charge in [0.05, 0.1) is 7.11 Å². The molecule has 2 N–H and O–H groups in total. The van der Waals surface area contributed by atoms with Crippen molar-refractivity contribution in [2.24, 2.45) is 0 Å². The number of pyridine rings is 1. The van der Waals surface area contributed by atoms with Gasteiger partial charge in [-0.15, -0.1) is 0 Å². The number of hydrogen-bond donors (Lipinski definition) is 2. The molecule has 5 nitrogen and oxygen atoms in total. The van der Waals surface area contributed by atoms with Crippen molar-refractivity contribution in [1.29, 1.82) is 0 Å². The first-order valence-corrected chi connectivity index (χ1v) is 9.18. The number of methoxy groups -OCH3 is 1. The first-order chi connectivity index (χ1) is 12.6. The lowest BCUT2D eigenvalue weighted by Crippen LogP contribution is -2.28. The molecule has 2 heterocycles. The summed E-state index contributed by atoms with van der Waals surface area (Å²) < 4.78 is 5.36. The number of ether oxygens (including phenoxy) is 1. The largest absolute Gasteiger partial charge is 0.481 e. The number of benzene rings is 1. The van der Waals surface area contributed by atoms with Gasteiger partial charge in [-0.3, -0.25) is 4.79 Å². The van der Waals surface area contributed by atoms with Crippen LogP contribution in [-0.4, -0.2) is 31.1 Å². The van der Waals surface area contributed by atoms with Crippen molar-refractivity contribution in [2.45, 2.75) is 39.2 Å². The number of nitrogens with one attached hydrogen (secondary N) is 2. The molecule has 26 heavy (non-hydrogen) atoms. The van der Waals surface area contributed by atoms with Crippen molar-refractivity contribution in [3.63, 3.8) is 0 Å². The average Bonchev–Trinajstić information content (AvgIpc) is 2.67. The summed E-state index contributed by atoms with van der Waals surface area (Å²) in [5.74, 6) is 1.04. The molecule has 1 amide bonds. The Kier molecular flexibility index (Phi) is 5.89. The summed E-state index contributed by atoms with van der Waals surface area (Å²) in [5, 5.41) is 6.41. The lowest BCUT2D eigenvalue weighted by Gasteiger charge is -2.23. The third kappa shape index (κ3) is 4.22. The Morgan fingerprint density at radius 2 is 2.08 bits per heavy atom. The highest BCUT2D eigenvalue weighted by Crippen LogP contribution is 2.24. The molecule has 0 spiro atoms. The van der Waals surface area contributed by atoms with Gasteiger partial charge in [-0.1, -0.05) is 12.1 Å². The van der Waals surface area contributed by atoms with Crippen molar-refractivity contribution in [3.05, 3.63) is 58.3 Å². The fourth-order valence-electron chi connectivity index (χ4n) is 3.53. The molecule has 5 heteroatoms. The second-order valence-corrected chi connectivity index (χ2v) is 6.92. The summed E-state index contributed by atoms with van der Waals surface area (Å²) >= 11 is 0. The van der Waals surface area contributed by atoms with Crippen LogP contribution >= 0.6 is 0 Å². The molecule has 0 radical (unpaired) electrons. The molecule has 1 aliphatic heterocycles. The molecular weight excluding hydrogens is 326 g/mol. The number of piperidine rings is 1. The monoisotopic (exact) mass is 353 g/mol. The van der Waals surface area contributed by atoms with Gasteiger partial charge in [0.15, 0.2) is 0 Å². The van der Waals surface area contributed by atoms with Gasteiger partial charge in [0, 0.05) is 29.9 Å². The number of aryl methyl sites for hydroxylation is 2. The summed E-state index contributed by atoms with van der Waals surface area (Å²) in [7, 11) is 1.60. The average molecular weight is 353 g/mol. The zero-order valence-corrected chi connectivity index (χ0v) is 15.8. The highest BCUT2D eigenvalue weighted by atomic mass is 16.5. The van der Waals surface area contributed by atoms with Crippen LogP contribution in [0.1, 0.15) is 51.5 Å². The van der Waals surface area contributed by atoms with E-state index < -0.39 is 0 Å². The van der Waals surface area contributed by atoms with E-state index >= 15 is 0 Å². The van der Waals surface area contributed by atoms with Gasteiger partial charge in [0.25, 0.3) is 5.91 Å². The summed E-state index contributed by atoms with van der Waals surface area (Å²) in [6.45, 7) is 6.46. The molecule has 0 aliphatic carbocycles. The van der Waals surface area contributed by atoms with E-state index in [2.05, 4.69) is 27.8 Å². The van der Waals surface area contributed by atoms with Crippen LogP contribution in [0.4, 0.5) is 0 Å². The van der Waals surface area contributed by atoms with Crippen molar-refractivity contribution in [2.75, 3.05) is 20.2 Å². The number of hydrogen-bond acceptors (Lipinski definition) is 4. The van der Waals surface area contributed by atoms with Gasteiger partial charge in [-0.25, -0.2) is 4.98 Å². The van der Waals surface area contributed by atoms with Gasteiger partial charge >= 0.3 is 0 Å². The quantitative estimate of drug-likeness (QED) is 0.867. The lowest BCUT2D eigenvalue weighted by molar-refractivity contribution is 0.0950. The van der Waals surface area contributed by atoms with E-state index in [1.165, 1.54) is 18.4 Å². The third-order valence-electron chi connectivity index (χ3n) is 5.00. The maximum atomic E-state index is 12.5. The summed E-state index contributed by atoms with van der Waals surface area (Å²) in [4.78, 5) is 16.9. The molecular formula is C21H27N3O2.